The summed E-state index contributed by atoms with van der Waals surface area (Å²) in [4.78, 5) is 53.0. The first-order valence-electron chi connectivity index (χ1n) is 13.3. The third-order valence-electron chi connectivity index (χ3n) is 6.77. The quantitative estimate of drug-likeness (QED) is 0.500. The maximum Gasteiger partial charge on any atom is 0.410 e. The van der Waals surface area contributed by atoms with Gasteiger partial charge in [-0.3, -0.25) is 14.4 Å². The van der Waals surface area contributed by atoms with Gasteiger partial charge >= 0.3 is 6.09 Å². The number of benzene rings is 2. The zero-order valence-corrected chi connectivity index (χ0v) is 23.4. The van der Waals surface area contributed by atoms with Gasteiger partial charge in [-0.05, 0) is 56.0 Å². The number of hydrogen-bond donors (Lipinski definition) is 3. The molecule has 4 rings (SSSR count). The standard InChI is InChI=1S/C29H37N5O6/c1-29(2,3)40-28(38)34-12-5-13-39-24(17-34)27(37)32-22(26(30)36)14-18-6-8-19(9-7-18)20-10-11-21-23(15-20)33(4)25(35)16-31-21/h6-11,15,22,24,31H,5,12-14,16-17H2,1-4H3,(H2,30,36)(H,32,37)/t22-,24-/m0/s1. The molecule has 2 heterocycles. The van der Waals surface area contributed by atoms with Crippen molar-refractivity contribution in [1.29, 1.82) is 0 Å². The van der Waals surface area contributed by atoms with Gasteiger partial charge in [-0.2, -0.15) is 0 Å². The van der Waals surface area contributed by atoms with Crippen LogP contribution in [0, 0.1) is 0 Å². The van der Waals surface area contributed by atoms with Gasteiger partial charge in [0, 0.05) is 26.6 Å². The number of anilines is 2. The highest BCUT2D eigenvalue weighted by Gasteiger charge is 2.32. The van der Waals surface area contributed by atoms with Crippen molar-refractivity contribution in [3.63, 3.8) is 0 Å². The van der Waals surface area contributed by atoms with Crippen molar-refractivity contribution >= 4 is 35.2 Å². The van der Waals surface area contributed by atoms with E-state index in [9.17, 15) is 19.2 Å². The number of ether oxygens (including phenoxy) is 2. The van der Waals surface area contributed by atoms with Crippen LogP contribution in [0.25, 0.3) is 11.1 Å². The zero-order chi connectivity index (χ0) is 29.0. The number of primary amides is 1. The SMILES string of the molecule is CN1C(=O)CNc2ccc(-c3ccc(C[C@H](NC(=O)[C@@H]4CN(C(=O)OC(C)(C)C)CCCO4)C(N)=O)cc3)cc21. The summed E-state index contributed by atoms with van der Waals surface area (Å²) in [6, 6.07) is 12.5. The summed E-state index contributed by atoms with van der Waals surface area (Å²) in [5.41, 5.74) is 9.35. The molecule has 0 unspecified atom stereocenters. The number of rotatable bonds is 6. The van der Waals surface area contributed by atoms with E-state index in [1.165, 1.54) is 4.90 Å². The third kappa shape index (κ3) is 7.09. The van der Waals surface area contributed by atoms with Crippen LogP contribution in [0.15, 0.2) is 42.5 Å². The van der Waals surface area contributed by atoms with Gasteiger partial charge in [0.25, 0.3) is 5.91 Å². The number of nitrogens with one attached hydrogen (secondary N) is 2. The molecule has 11 nitrogen and oxygen atoms in total. The smallest absolute Gasteiger partial charge is 0.410 e. The second kappa shape index (κ2) is 12.0. The van der Waals surface area contributed by atoms with Crippen LogP contribution in [0.3, 0.4) is 0 Å². The van der Waals surface area contributed by atoms with Crippen molar-refractivity contribution in [2.24, 2.45) is 5.73 Å². The summed E-state index contributed by atoms with van der Waals surface area (Å²) in [6.45, 7) is 6.30. The lowest BCUT2D eigenvalue weighted by Crippen LogP contribution is -2.52. The molecule has 2 aliphatic rings. The number of likely N-dealkylation sites (N-methyl/N-ethyl adjacent to an activating group) is 1. The molecule has 2 aromatic rings. The minimum absolute atomic E-state index is 0.00802. The summed E-state index contributed by atoms with van der Waals surface area (Å²) in [7, 11) is 1.75. The fraction of sp³-hybridized carbons (Fsp3) is 0.448. The lowest BCUT2D eigenvalue weighted by atomic mass is 9.99. The molecule has 0 spiro atoms. The van der Waals surface area contributed by atoms with Crippen LogP contribution in [0.2, 0.25) is 0 Å². The first-order valence-corrected chi connectivity index (χ1v) is 13.3. The van der Waals surface area contributed by atoms with Crippen LogP contribution >= 0.6 is 0 Å². The molecule has 1 saturated heterocycles. The number of carbonyl (C=O) groups excluding carboxylic acids is 4. The Hall–Kier alpha value is -4.12. The van der Waals surface area contributed by atoms with Gasteiger partial charge in [-0.15, -0.1) is 0 Å². The predicted molar refractivity (Wildman–Crippen MR) is 151 cm³/mol. The van der Waals surface area contributed by atoms with Crippen molar-refractivity contribution in [1.82, 2.24) is 10.2 Å². The topological polar surface area (TPSA) is 143 Å². The Labute approximate surface area is 234 Å². The van der Waals surface area contributed by atoms with E-state index in [1.807, 2.05) is 42.5 Å². The van der Waals surface area contributed by atoms with Gasteiger partial charge in [-0.1, -0.05) is 30.3 Å². The summed E-state index contributed by atoms with van der Waals surface area (Å²) < 4.78 is 11.1. The fourth-order valence-corrected chi connectivity index (χ4v) is 4.59. The Bertz CT molecular complexity index is 1270. The number of carbonyl (C=O) groups is 4. The third-order valence-corrected chi connectivity index (χ3v) is 6.77. The number of amides is 4. The van der Waals surface area contributed by atoms with Gasteiger partial charge in [0.15, 0.2) is 6.10 Å². The molecular weight excluding hydrogens is 514 g/mol. The molecule has 4 N–H and O–H groups in total. The number of nitrogens with zero attached hydrogens (tertiary/aromatic N) is 2. The highest BCUT2D eigenvalue weighted by Crippen LogP contribution is 2.33. The van der Waals surface area contributed by atoms with Crippen LogP contribution in [0.4, 0.5) is 16.2 Å². The van der Waals surface area contributed by atoms with Crippen molar-refractivity contribution in [3.8, 4) is 11.1 Å². The minimum atomic E-state index is -0.963. The van der Waals surface area contributed by atoms with E-state index in [4.69, 9.17) is 15.2 Å². The first kappa shape index (κ1) is 28.9. The van der Waals surface area contributed by atoms with Crippen LogP contribution in [-0.4, -0.2) is 79.8 Å². The molecule has 0 aromatic heterocycles. The molecule has 0 aliphatic carbocycles. The van der Waals surface area contributed by atoms with Gasteiger partial charge in [0.2, 0.25) is 11.8 Å². The summed E-state index contributed by atoms with van der Waals surface area (Å²) in [5.74, 6) is -1.20. The van der Waals surface area contributed by atoms with E-state index < -0.39 is 35.7 Å². The summed E-state index contributed by atoms with van der Waals surface area (Å²) in [5, 5.41) is 5.82. The predicted octanol–water partition coefficient (Wildman–Crippen LogP) is 2.28. The fourth-order valence-electron chi connectivity index (χ4n) is 4.59. The number of hydrogen-bond acceptors (Lipinski definition) is 7. The average molecular weight is 552 g/mol. The Kier molecular flexibility index (Phi) is 8.63. The van der Waals surface area contributed by atoms with Crippen LogP contribution in [0.5, 0.6) is 0 Å². The van der Waals surface area contributed by atoms with Gasteiger partial charge < -0.3 is 35.6 Å². The minimum Gasteiger partial charge on any atom is -0.444 e. The molecule has 0 saturated carbocycles. The van der Waals surface area contributed by atoms with Crippen molar-refractivity contribution in [3.05, 3.63) is 48.0 Å². The Morgan fingerprint density at radius 2 is 1.85 bits per heavy atom. The Morgan fingerprint density at radius 3 is 2.52 bits per heavy atom. The van der Waals surface area contributed by atoms with E-state index >= 15 is 0 Å². The summed E-state index contributed by atoms with van der Waals surface area (Å²) in [6.07, 6.45) is -0.726. The maximum atomic E-state index is 13.1. The molecule has 4 amide bonds. The Balaban J connectivity index is 1.41. The highest BCUT2D eigenvalue weighted by molar-refractivity contribution is 6.03. The highest BCUT2D eigenvalue weighted by atomic mass is 16.6. The number of nitrogens with two attached hydrogens (primary N) is 1. The molecule has 1 fully saturated rings. The average Bonchev–Trinajstić information content (AvgIpc) is 3.16. The van der Waals surface area contributed by atoms with E-state index in [0.717, 1.165) is 28.1 Å². The zero-order valence-electron chi connectivity index (χ0n) is 23.4. The lowest BCUT2D eigenvalue weighted by molar-refractivity contribution is -0.136. The molecule has 40 heavy (non-hydrogen) atoms. The van der Waals surface area contributed by atoms with Crippen molar-refractivity contribution < 1.29 is 28.7 Å². The molecule has 2 aromatic carbocycles. The van der Waals surface area contributed by atoms with Gasteiger partial charge in [0.05, 0.1) is 24.5 Å². The van der Waals surface area contributed by atoms with E-state index in [0.29, 0.717) is 19.6 Å². The van der Waals surface area contributed by atoms with E-state index in [2.05, 4.69) is 10.6 Å². The van der Waals surface area contributed by atoms with E-state index in [-0.39, 0.29) is 25.4 Å². The molecule has 214 valence electrons. The second-order valence-corrected chi connectivity index (χ2v) is 11.0. The molecule has 2 atom stereocenters. The van der Waals surface area contributed by atoms with Crippen molar-refractivity contribution in [2.75, 3.05) is 43.5 Å². The molecule has 11 heteroatoms. The largest absolute Gasteiger partial charge is 0.444 e. The summed E-state index contributed by atoms with van der Waals surface area (Å²) >= 11 is 0. The van der Waals surface area contributed by atoms with E-state index in [1.54, 1.807) is 32.7 Å². The van der Waals surface area contributed by atoms with Gasteiger partial charge in [0.1, 0.15) is 11.6 Å². The molecule has 0 bridgehead atoms. The monoisotopic (exact) mass is 551 g/mol. The lowest BCUT2D eigenvalue weighted by Gasteiger charge is -2.28. The normalized spacial score (nSPS) is 18.2. The van der Waals surface area contributed by atoms with Crippen LogP contribution in [0.1, 0.15) is 32.8 Å². The Morgan fingerprint density at radius 1 is 1.15 bits per heavy atom. The molecule has 2 aliphatic heterocycles. The van der Waals surface area contributed by atoms with Crippen LogP contribution in [-0.2, 0) is 30.3 Å². The molecular formula is C29H37N5O6. The van der Waals surface area contributed by atoms with Gasteiger partial charge in [-0.25, -0.2) is 4.79 Å². The first-order chi connectivity index (χ1) is 18.9. The van der Waals surface area contributed by atoms with Crippen molar-refractivity contribution in [2.45, 2.75) is 51.4 Å². The van der Waals surface area contributed by atoms with Crippen LogP contribution < -0.4 is 21.3 Å². The second-order valence-electron chi connectivity index (χ2n) is 11.0. The number of fused-ring (bicyclic) bond motifs is 1. The molecule has 0 radical (unpaired) electrons. The maximum absolute atomic E-state index is 13.1.